The van der Waals surface area contributed by atoms with Gasteiger partial charge in [-0.2, -0.15) is 0 Å². The first-order valence-corrected chi connectivity index (χ1v) is 33.6. The molecule has 0 fully saturated rings. The van der Waals surface area contributed by atoms with Gasteiger partial charge in [-0.3, -0.25) is 37.3 Å². The standard InChI is InChI=1S/C58H112O17P2/c1-6-9-12-15-18-20-21-22-23-24-27-34-39-44-58(63)75-54(48-69-56(61)42-37-32-29-28-30-35-40-51(4)5)50-73-77(66,67)71-46-52(59)45-70-76(64,65)72-49-53(47-68-55(60)41-36-31-25-17-14-11-8-3)74-57(62)43-38-33-26-19-16-13-10-7-2/h51-54,59H,6-50H2,1-5H3,(H,64,65)(H,66,67)/t52-,53+,54+/m0/s1. The third kappa shape index (κ3) is 53.2. The first kappa shape index (κ1) is 75.1. The van der Waals surface area contributed by atoms with E-state index in [9.17, 15) is 43.2 Å². The third-order valence-corrected chi connectivity index (χ3v) is 15.2. The fourth-order valence-corrected chi connectivity index (χ4v) is 10.1. The van der Waals surface area contributed by atoms with Gasteiger partial charge in [0.2, 0.25) is 0 Å². The fourth-order valence-electron chi connectivity index (χ4n) is 8.52. The van der Waals surface area contributed by atoms with Gasteiger partial charge in [-0.15, -0.1) is 0 Å². The van der Waals surface area contributed by atoms with Crippen LogP contribution < -0.4 is 0 Å². The predicted octanol–water partition coefficient (Wildman–Crippen LogP) is 15.5. The summed E-state index contributed by atoms with van der Waals surface area (Å²) in [4.78, 5) is 71.7. The predicted molar refractivity (Wildman–Crippen MR) is 303 cm³/mol. The van der Waals surface area contributed by atoms with Crippen LogP contribution in [0.4, 0.5) is 0 Å². The molecule has 0 saturated heterocycles. The number of carbonyl (C=O) groups is 4. The number of ether oxygens (including phenoxy) is 4. The summed E-state index contributed by atoms with van der Waals surface area (Å²) in [5.41, 5.74) is 0. The molecular formula is C58H112O17P2. The van der Waals surface area contributed by atoms with Crippen molar-refractivity contribution in [3.05, 3.63) is 0 Å². The van der Waals surface area contributed by atoms with E-state index in [2.05, 4.69) is 34.6 Å². The maximum Gasteiger partial charge on any atom is 0.472 e. The number of aliphatic hydroxyl groups is 1. The minimum atomic E-state index is -4.94. The highest BCUT2D eigenvalue weighted by Gasteiger charge is 2.30. The molecular weight excluding hydrogens is 1030 g/mol. The smallest absolute Gasteiger partial charge is 0.462 e. The molecule has 0 bridgehead atoms. The number of carbonyl (C=O) groups excluding carboxylic acids is 4. The molecule has 3 N–H and O–H groups in total. The van der Waals surface area contributed by atoms with Gasteiger partial charge in [0.15, 0.2) is 12.2 Å². The Balaban J connectivity index is 5.19. The largest absolute Gasteiger partial charge is 0.472 e. The second kappa shape index (κ2) is 52.2. The van der Waals surface area contributed by atoms with Crippen molar-refractivity contribution in [1.82, 2.24) is 0 Å². The van der Waals surface area contributed by atoms with E-state index in [1.54, 1.807) is 0 Å². The zero-order valence-electron chi connectivity index (χ0n) is 49.1. The lowest BCUT2D eigenvalue weighted by atomic mass is 10.0. The van der Waals surface area contributed by atoms with E-state index in [0.717, 1.165) is 116 Å². The van der Waals surface area contributed by atoms with Gasteiger partial charge in [-0.1, -0.05) is 234 Å². The Morgan fingerprint density at radius 3 is 0.883 bits per heavy atom. The summed E-state index contributed by atoms with van der Waals surface area (Å²) in [5.74, 6) is -1.47. The van der Waals surface area contributed by atoms with Crippen molar-refractivity contribution in [1.29, 1.82) is 0 Å². The van der Waals surface area contributed by atoms with Crippen LogP contribution in [0.1, 0.15) is 285 Å². The molecule has 0 aromatic carbocycles. The van der Waals surface area contributed by atoms with Crippen molar-refractivity contribution in [2.45, 2.75) is 303 Å². The Morgan fingerprint density at radius 1 is 0.351 bits per heavy atom. The highest BCUT2D eigenvalue weighted by atomic mass is 31.2. The highest BCUT2D eigenvalue weighted by Crippen LogP contribution is 2.45. The second-order valence-electron chi connectivity index (χ2n) is 21.5. The Bertz CT molecular complexity index is 1520. The minimum absolute atomic E-state index is 0.104. The van der Waals surface area contributed by atoms with Crippen LogP contribution in [0.5, 0.6) is 0 Å². The quantitative estimate of drug-likeness (QED) is 0.0222. The summed E-state index contributed by atoms with van der Waals surface area (Å²) in [6.45, 7) is 7.00. The van der Waals surface area contributed by atoms with Crippen LogP contribution in [0.15, 0.2) is 0 Å². The monoisotopic (exact) mass is 1140 g/mol. The minimum Gasteiger partial charge on any atom is -0.462 e. The Hall–Kier alpha value is -1.94. The lowest BCUT2D eigenvalue weighted by Crippen LogP contribution is -2.30. The number of esters is 4. The molecule has 0 amide bonds. The number of unbranched alkanes of at least 4 members (excludes halogenated alkanes) is 30. The van der Waals surface area contributed by atoms with Gasteiger partial charge >= 0.3 is 39.5 Å². The molecule has 0 heterocycles. The Kier molecular flexibility index (Phi) is 50.8. The van der Waals surface area contributed by atoms with E-state index in [0.29, 0.717) is 31.6 Å². The summed E-state index contributed by atoms with van der Waals surface area (Å²) in [5, 5.41) is 10.5. The number of rotatable bonds is 58. The van der Waals surface area contributed by atoms with Gasteiger partial charge in [0.05, 0.1) is 26.4 Å². The van der Waals surface area contributed by atoms with E-state index in [1.807, 2.05) is 0 Å². The van der Waals surface area contributed by atoms with Gasteiger partial charge in [-0.05, 0) is 31.6 Å². The second-order valence-corrected chi connectivity index (χ2v) is 24.4. The normalized spacial score (nSPS) is 14.4. The molecule has 19 heteroatoms. The van der Waals surface area contributed by atoms with Gasteiger partial charge in [0, 0.05) is 25.7 Å². The number of hydrogen-bond donors (Lipinski definition) is 3. The zero-order chi connectivity index (χ0) is 57.1. The fraction of sp³-hybridized carbons (Fsp3) is 0.931. The lowest BCUT2D eigenvalue weighted by molar-refractivity contribution is -0.161. The topological polar surface area (TPSA) is 237 Å². The van der Waals surface area contributed by atoms with E-state index in [1.165, 1.54) is 83.5 Å². The maximum absolute atomic E-state index is 12.9. The van der Waals surface area contributed by atoms with Gasteiger partial charge in [0.1, 0.15) is 19.3 Å². The van der Waals surface area contributed by atoms with Crippen LogP contribution in [0.2, 0.25) is 0 Å². The third-order valence-electron chi connectivity index (χ3n) is 13.3. The molecule has 5 atom stereocenters. The molecule has 456 valence electrons. The van der Waals surface area contributed by atoms with Crippen LogP contribution in [0, 0.1) is 5.92 Å². The number of phosphoric acid groups is 2. The number of phosphoric ester groups is 2. The van der Waals surface area contributed by atoms with Crippen molar-refractivity contribution in [2.75, 3.05) is 39.6 Å². The molecule has 77 heavy (non-hydrogen) atoms. The summed E-state index contributed by atoms with van der Waals surface area (Å²) in [6.07, 6.45) is 33.7. The van der Waals surface area contributed by atoms with Crippen LogP contribution in [-0.2, 0) is 65.4 Å². The summed E-state index contributed by atoms with van der Waals surface area (Å²) in [7, 11) is -9.86. The van der Waals surface area contributed by atoms with Gasteiger partial charge in [0.25, 0.3) is 0 Å². The van der Waals surface area contributed by atoms with Crippen molar-refractivity contribution in [3.8, 4) is 0 Å². The number of hydrogen-bond acceptors (Lipinski definition) is 15. The highest BCUT2D eigenvalue weighted by molar-refractivity contribution is 7.47. The molecule has 0 aliphatic carbocycles. The summed E-state index contributed by atoms with van der Waals surface area (Å²) < 4.78 is 67.6. The van der Waals surface area contributed by atoms with E-state index >= 15 is 0 Å². The molecule has 0 saturated carbocycles. The summed E-state index contributed by atoms with van der Waals surface area (Å²) in [6, 6.07) is 0. The molecule has 0 aromatic rings. The van der Waals surface area contributed by atoms with Gasteiger partial charge < -0.3 is 33.8 Å². The van der Waals surface area contributed by atoms with Crippen LogP contribution in [0.3, 0.4) is 0 Å². The SMILES string of the molecule is CCCCCCCCCCCCCCCC(=O)O[C@H](COC(=O)CCCCCCCCC(C)C)COP(=O)(O)OC[C@@H](O)COP(=O)(O)OC[C@@H](COC(=O)CCCCCCCCC)OC(=O)CCCCCCCCCC. The lowest BCUT2D eigenvalue weighted by Gasteiger charge is -2.21. The Labute approximate surface area is 467 Å². The first-order valence-electron chi connectivity index (χ1n) is 30.6. The Morgan fingerprint density at radius 2 is 0.597 bits per heavy atom. The van der Waals surface area contributed by atoms with E-state index in [4.69, 9.17) is 37.0 Å². The average molecular weight is 1140 g/mol. The molecule has 0 aliphatic rings. The first-order chi connectivity index (χ1) is 37.0. The van der Waals surface area contributed by atoms with Crippen LogP contribution in [-0.4, -0.2) is 96.7 Å². The van der Waals surface area contributed by atoms with Crippen LogP contribution >= 0.6 is 15.6 Å². The molecule has 0 rings (SSSR count). The summed E-state index contributed by atoms with van der Waals surface area (Å²) >= 11 is 0. The van der Waals surface area contributed by atoms with Gasteiger partial charge in [-0.25, -0.2) is 9.13 Å². The molecule has 17 nitrogen and oxygen atoms in total. The molecule has 0 radical (unpaired) electrons. The maximum atomic E-state index is 12.9. The van der Waals surface area contributed by atoms with Crippen molar-refractivity contribution >= 4 is 39.5 Å². The van der Waals surface area contributed by atoms with E-state index in [-0.39, 0.29) is 25.7 Å². The van der Waals surface area contributed by atoms with E-state index < -0.39 is 97.5 Å². The molecule has 0 spiro atoms. The molecule has 0 aliphatic heterocycles. The van der Waals surface area contributed by atoms with Crippen molar-refractivity contribution in [3.63, 3.8) is 0 Å². The average Bonchev–Trinajstić information content (AvgIpc) is 3.39. The number of aliphatic hydroxyl groups excluding tert-OH is 1. The van der Waals surface area contributed by atoms with Crippen LogP contribution in [0.25, 0.3) is 0 Å². The molecule has 2 unspecified atom stereocenters. The van der Waals surface area contributed by atoms with Crippen molar-refractivity contribution < 1.29 is 80.2 Å². The van der Waals surface area contributed by atoms with Crippen molar-refractivity contribution in [2.24, 2.45) is 5.92 Å². The molecule has 0 aromatic heterocycles. The zero-order valence-corrected chi connectivity index (χ0v) is 50.9.